The lowest BCUT2D eigenvalue weighted by Crippen LogP contribution is -2.06. The summed E-state index contributed by atoms with van der Waals surface area (Å²) in [5.41, 5.74) is -0.0278. The summed E-state index contributed by atoms with van der Waals surface area (Å²) in [5.74, 6) is 0.637. The molecule has 48 valence electrons. The molecule has 0 bridgehead atoms. The summed E-state index contributed by atoms with van der Waals surface area (Å²) in [6, 6.07) is 0. The number of rotatable bonds is 0. The molecule has 0 aromatic heterocycles. The van der Waals surface area contributed by atoms with Crippen LogP contribution in [0.25, 0.3) is 0 Å². The Labute approximate surface area is 55.0 Å². The molecule has 8 heavy (non-hydrogen) atoms. The molecule has 0 N–H and O–H groups in total. The summed E-state index contributed by atoms with van der Waals surface area (Å²) < 4.78 is 5.24. The van der Waals surface area contributed by atoms with Gasteiger partial charge in [0, 0.05) is 0 Å². The van der Waals surface area contributed by atoms with Crippen molar-refractivity contribution >= 4 is 11.6 Å². The van der Waals surface area contributed by atoms with Gasteiger partial charge in [0.15, 0.2) is 0 Å². The van der Waals surface area contributed by atoms with E-state index in [0.29, 0.717) is 12.0 Å². The highest BCUT2D eigenvalue weighted by Crippen LogP contribution is 2.27. The molecule has 0 radical (unpaired) electrons. The van der Waals surface area contributed by atoms with Crippen molar-refractivity contribution in [2.45, 2.75) is 31.9 Å². The zero-order valence-electron chi connectivity index (χ0n) is 5.23. The Hall–Kier alpha value is 0.250. The molecule has 0 aromatic carbocycles. The minimum atomic E-state index is -0.0278. The molecular weight excluding hydrogens is 124 g/mol. The van der Waals surface area contributed by atoms with E-state index in [9.17, 15) is 0 Å². The summed E-state index contributed by atoms with van der Waals surface area (Å²) in [6.07, 6.45) is 1.36. The molecule has 1 rings (SSSR count). The van der Waals surface area contributed by atoms with Gasteiger partial charge in [0.1, 0.15) is 5.56 Å². The zero-order chi connectivity index (χ0) is 6.15. The molecule has 0 saturated carbocycles. The number of ether oxygens (including phenoxy) is 1. The fourth-order valence-electron chi connectivity index (χ4n) is 0.907. The normalized spacial score (nSPS) is 47.6. The number of hydrogen-bond donors (Lipinski definition) is 0. The van der Waals surface area contributed by atoms with Crippen LogP contribution in [0.15, 0.2) is 0 Å². The molecule has 1 aliphatic rings. The maximum absolute atomic E-state index is 5.68. The average molecular weight is 135 g/mol. The molecule has 1 heterocycles. The molecule has 1 saturated heterocycles. The van der Waals surface area contributed by atoms with Gasteiger partial charge in [0.05, 0.1) is 6.10 Å². The van der Waals surface area contributed by atoms with Crippen molar-refractivity contribution < 1.29 is 4.74 Å². The van der Waals surface area contributed by atoms with Crippen LogP contribution in [0.4, 0.5) is 0 Å². The molecule has 1 fully saturated rings. The summed E-state index contributed by atoms with van der Waals surface area (Å²) in [7, 11) is 0. The minimum Gasteiger partial charge on any atom is -0.359 e. The van der Waals surface area contributed by atoms with Gasteiger partial charge in [-0.25, -0.2) is 0 Å². The first-order valence-electron chi connectivity index (χ1n) is 2.99. The van der Waals surface area contributed by atoms with Gasteiger partial charge < -0.3 is 4.74 Å². The Kier molecular flexibility index (Phi) is 1.78. The SMILES string of the molecule is C[C@@H]1C[C@H](Cl)O[C@@H]1C. The minimum absolute atomic E-state index is 0.0278. The Balaban J connectivity index is 2.39. The van der Waals surface area contributed by atoms with Gasteiger partial charge in [0.2, 0.25) is 0 Å². The van der Waals surface area contributed by atoms with Crippen LogP contribution in [0.5, 0.6) is 0 Å². The Morgan fingerprint density at radius 1 is 1.50 bits per heavy atom. The molecule has 2 heteroatoms. The molecular formula is C6H11ClO. The Morgan fingerprint density at radius 2 is 2.12 bits per heavy atom. The maximum Gasteiger partial charge on any atom is 0.131 e. The highest BCUT2D eigenvalue weighted by molar-refractivity contribution is 6.19. The predicted molar refractivity (Wildman–Crippen MR) is 34.0 cm³/mol. The second kappa shape index (κ2) is 2.24. The molecule has 0 unspecified atom stereocenters. The second-order valence-corrected chi connectivity index (χ2v) is 2.95. The van der Waals surface area contributed by atoms with Crippen molar-refractivity contribution in [3.8, 4) is 0 Å². The number of hydrogen-bond acceptors (Lipinski definition) is 1. The zero-order valence-corrected chi connectivity index (χ0v) is 5.98. The van der Waals surface area contributed by atoms with Crippen molar-refractivity contribution in [1.29, 1.82) is 0 Å². The fourth-order valence-corrected chi connectivity index (χ4v) is 1.35. The highest BCUT2D eigenvalue weighted by Gasteiger charge is 2.26. The lowest BCUT2D eigenvalue weighted by molar-refractivity contribution is 0.0887. The van der Waals surface area contributed by atoms with Crippen molar-refractivity contribution in [3.05, 3.63) is 0 Å². The van der Waals surface area contributed by atoms with Gasteiger partial charge in [-0.3, -0.25) is 0 Å². The second-order valence-electron chi connectivity index (χ2n) is 2.46. The van der Waals surface area contributed by atoms with Crippen molar-refractivity contribution in [1.82, 2.24) is 0 Å². The standard InChI is InChI=1S/C6H11ClO/c1-4-3-6(7)8-5(4)2/h4-6H,3H2,1-2H3/t4-,5-,6-/m1/s1. The topological polar surface area (TPSA) is 9.23 Å². The van der Waals surface area contributed by atoms with Gasteiger partial charge in [-0.05, 0) is 19.3 Å². The van der Waals surface area contributed by atoms with Crippen molar-refractivity contribution in [2.24, 2.45) is 5.92 Å². The van der Waals surface area contributed by atoms with Gasteiger partial charge >= 0.3 is 0 Å². The van der Waals surface area contributed by atoms with Gasteiger partial charge in [-0.2, -0.15) is 0 Å². The first kappa shape index (κ1) is 6.37. The van der Waals surface area contributed by atoms with E-state index in [1.54, 1.807) is 0 Å². The smallest absolute Gasteiger partial charge is 0.131 e. The van der Waals surface area contributed by atoms with Gasteiger partial charge in [-0.1, -0.05) is 18.5 Å². The summed E-state index contributed by atoms with van der Waals surface area (Å²) in [4.78, 5) is 0. The number of alkyl halides is 1. The quantitative estimate of drug-likeness (QED) is 0.461. The van der Waals surface area contributed by atoms with Gasteiger partial charge in [0.25, 0.3) is 0 Å². The van der Waals surface area contributed by atoms with Crippen LogP contribution in [-0.4, -0.2) is 11.7 Å². The van der Waals surface area contributed by atoms with Crippen LogP contribution < -0.4 is 0 Å². The lowest BCUT2D eigenvalue weighted by atomic mass is 10.1. The summed E-state index contributed by atoms with van der Waals surface area (Å²) in [5, 5.41) is 0. The van der Waals surface area contributed by atoms with E-state index < -0.39 is 0 Å². The Bertz CT molecular complexity index is 74.6. The van der Waals surface area contributed by atoms with E-state index in [4.69, 9.17) is 16.3 Å². The van der Waals surface area contributed by atoms with E-state index in [2.05, 4.69) is 13.8 Å². The monoisotopic (exact) mass is 134 g/mol. The van der Waals surface area contributed by atoms with Crippen molar-refractivity contribution in [2.75, 3.05) is 0 Å². The lowest BCUT2D eigenvalue weighted by Gasteiger charge is -2.04. The Morgan fingerprint density at radius 3 is 2.25 bits per heavy atom. The number of halogens is 1. The first-order valence-corrected chi connectivity index (χ1v) is 3.43. The molecule has 3 atom stereocenters. The van der Waals surface area contributed by atoms with Crippen LogP contribution in [0.1, 0.15) is 20.3 Å². The first-order chi connectivity index (χ1) is 3.70. The molecule has 0 aliphatic carbocycles. The van der Waals surface area contributed by atoms with Crippen LogP contribution in [0.3, 0.4) is 0 Å². The molecule has 1 nitrogen and oxygen atoms in total. The molecule has 0 amide bonds. The molecule has 1 aliphatic heterocycles. The third-order valence-electron chi connectivity index (χ3n) is 1.72. The fraction of sp³-hybridized carbons (Fsp3) is 1.00. The van der Waals surface area contributed by atoms with Crippen LogP contribution in [0, 0.1) is 5.92 Å². The third-order valence-corrected chi connectivity index (χ3v) is 2.00. The highest BCUT2D eigenvalue weighted by atomic mass is 35.5. The van der Waals surface area contributed by atoms with Crippen LogP contribution in [-0.2, 0) is 4.74 Å². The predicted octanol–water partition coefficient (Wildman–Crippen LogP) is 2.00. The van der Waals surface area contributed by atoms with Crippen LogP contribution >= 0.6 is 11.6 Å². The summed E-state index contributed by atoms with van der Waals surface area (Å²) >= 11 is 5.68. The van der Waals surface area contributed by atoms with E-state index in [1.165, 1.54) is 0 Å². The maximum atomic E-state index is 5.68. The van der Waals surface area contributed by atoms with E-state index in [-0.39, 0.29) is 5.56 Å². The average Bonchev–Trinajstić information content (AvgIpc) is 1.85. The van der Waals surface area contributed by atoms with E-state index in [1.807, 2.05) is 0 Å². The largest absolute Gasteiger partial charge is 0.359 e. The molecule has 0 spiro atoms. The van der Waals surface area contributed by atoms with Crippen molar-refractivity contribution in [3.63, 3.8) is 0 Å². The van der Waals surface area contributed by atoms with E-state index in [0.717, 1.165) is 6.42 Å². The third kappa shape index (κ3) is 1.15. The van der Waals surface area contributed by atoms with Gasteiger partial charge in [-0.15, -0.1) is 0 Å². The van der Waals surface area contributed by atoms with E-state index >= 15 is 0 Å². The summed E-state index contributed by atoms with van der Waals surface area (Å²) in [6.45, 7) is 4.22. The van der Waals surface area contributed by atoms with Crippen LogP contribution in [0.2, 0.25) is 0 Å². The molecule has 0 aromatic rings.